The average molecular weight is 338 g/mol. The molecule has 1 fully saturated rings. The molecule has 0 aromatic heterocycles. The van der Waals surface area contributed by atoms with E-state index in [1.54, 1.807) is 36.4 Å². The SMILES string of the molecule is O=C1CC(=O)N(c2cccc(NC(=O)Nc3ccccc3)c2)C(=O)N1. The van der Waals surface area contributed by atoms with E-state index in [0.29, 0.717) is 11.4 Å². The number of hydrogen-bond acceptors (Lipinski definition) is 4. The Kier molecular flexibility index (Phi) is 4.42. The molecule has 0 aliphatic carbocycles. The number of urea groups is 2. The molecule has 8 nitrogen and oxygen atoms in total. The van der Waals surface area contributed by atoms with Crippen LogP contribution >= 0.6 is 0 Å². The molecule has 0 saturated carbocycles. The summed E-state index contributed by atoms with van der Waals surface area (Å²) in [6.07, 6.45) is -0.405. The van der Waals surface area contributed by atoms with E-state index in [0.717, 1.165) is 4.90 Å². The van der Waals surface area contributed by atoms with Crippen molar-refractivity contribution in [3.8, 4) is 0 Å². The molecule has 1 heterocycles. The molecule has 0 bridgehead atoms. The third kappa shape index (κ3) is 3.81. The van der Waals surface area contributed by atoms with Crippen LogP contribution in [0.2, 0.25) is 0 Å². The van der Waals surface area contributed by atoms with E-state index in [2.05, 4.69) is 16.0 Å². The predicted octanol–water partition coefficient (Wildman–Crippen LogP) is 2.30. The second-order valence-electron chi connectivity index (χ2n) is 5.25. The lowest BCUT2D eigenvalue weighted by Crippen LogP contribution is -2.52. The molecule has 3 rings (SSSR count). The first-order valence-electron chi connectivity index (χ1n) is 7.43. The van der Waals surface area contributed by atoms with Gasteiger partial charge in [-0.1, -0.05) is 24.3 Å². The Hall–Kier alpha value is -3.68. The van der Waals surface area contributed by atoms with Crippen molar-refractivity contribution in [1.29, 1.82) is 0 Å². The predicted molar refractivity (Wildman–Crippen MR) is 91.2 cm³/mol. The van der Waals surface area contributed by atoms with Crippen molar-refractivity contribution < 1.29 is 19.2 Å². The number of rotatable bonds is 3. The molecule has 1 aliphatic rings. The summed E-state index contributed by atoms with van der Waals surface area (Å²) in [5.74, 6) is -1.26. The number of para-hydroxylation sites is 1. The Labute approximate surface area is 142 Å². The van der Waals surface area contributed by atoms with Crippen molar-refractivity contribution in [3.63, 3.8) is 0 Å². The van der Waals surface area contributed by atoms with Gasteiger partial charge in [-0.05, 0) is 30.3 Å². The van der Waals surface area contributed by atoms with Crippen LogP contribution in [0.3, 0.4) is 0 Å². The fraction of sp³-hybridized carbons (Fsp3) is 0.0588. The Balaban J connectivity index is 1.73. The van der Waals surface area contributed by atoms with Crippen LogP contribution in [0.5, 0.6) is 0 Å². The molecule has 6 amide bonds. The molecule has 1 aliphatic heterocycles. The van der Waals surface area contributed by atoms with Crippen LogP contribution in [-0.4, -0.2) is 23.9 Å². The first-order chi connectivity index (χ1) is 12.0. The molecule has 0 radical (unpaired) electrons. The highest BCUT2D eigenvalue weighted by Crippen LogP contribution is 2.22. The number of amides is 6. The van der Waals surface area contributed by atoms with Crippen LogP contribution < -0.4 is 20.9 Å². The molecule has 1 saturated heterocycles. The maximum absolute atomic E-state index is 12.0. The Bertz CT molecular complexity index is 831. The number of barbiturate groups is 1. The van der Waals surface area contributed by atoms with Gasteiger partial charge in [-0.3, -0.25) is 14.9 Å². The van der Waals surface area contributed by atoms with Gasteiger partial charge in [0.2, 0.25) is 11.8 Å². The van der Waals surface area contributed by atoms with Crippen LogP contribution in [-0.2, 0) is 9.59 Å². The van der Waals surface area contributed by atoms with E-state index in [-0.39, 0.29) is 5.69 Å². The molecule has 25 heavy (non-hydrogen) atoms. The molecule has 3 N–H and O–H groups in total. The van der Waals surface area contributed by atoms with Crippen LogP contribution in [0, 0.1) is 0 Å². The topological polar surface area (TPSA) is 108 Å². The normalized spacial score (nSPS) is 14.1. The average Bonchev–Trinajstić information content (AvgIpc) is 2.55. The molecule has 0 atom stereocenters. The molecule has 0 spiro atoms. The van der Waals surface area contributed by atoms with Gasteiger partial charge in [0, 0.05) is 11.4 Å². The Morgan fingerprint density at radius 2 is 1.60 bits per heavy atom. The van der Waals surface area contributed by atoms with E-state index in [1.165, 1.54) is 12.1 Å². The summed E-state index contributed by atoms with van der Waals surface area (Å²) < 4.78 is 0. The number of imide groups is 2. The quantitative estimate of drug-likeness (QED) is 0.746. The van der Waals surface area contributed by atoms with Crippen molar-refractivity contribution in [3.05, 3.63) is 54.6 Å². The zero-order valence-corrected chi connectivity index (χ0v) is 13.0. The minimum Gasteiger partial charge on any atom is -0.308 e. The van der Waals surface area contributed by atoms with Crippen molar-refractivity contribution in [2.75, 3.05) is 15.5 Å². The van der Waals surface area contributed by atoms with Crippen molar-refractivity contribution in [1.82, 2.24) is 5.32 Å². The maximum Gasteiger partial charge on any atom is 0.335 e. The number of anilines is 3. The van der Waals surface area contributed by atoms with E-state index in [9.17, 15) is 19.2 Å². The third-order valence-electron chi connectivity index (χ3n) is 3.40. The second-order valence-corrected chi connectivity index (χ2v) is 5.25. The summed E-state index contributed by atoms with van der Waals surface area (Å²) in [4.78, 5) is 47.9. The van der Waals surface area contributed by atoms with Gasteiger partial charge in [0.15, 0.2) is 0 Å². The number of carbonyl (C=O) groups is 4. The van der Waals surface area contributed by atoms with Gasteiger partial charge in [0.1, 0.15) is 6.42 Å². The smallest absolute Gasteiger partial charge is 0.308 e. The first kappa shape index (κ1) is 16.2. The highest BCUT2D eigenvalue weighted by Gasteiger charge is 2.32. The van der Waals surface area contributed by atoms with Crippen molar-refractivity contribution in [2.45, 2.75) is 6.42 Å². The lowest BCUT2D eigenvalue weighted by atomic mass is 10.2. The summed E-state index contributed by atoms with van der Waals surface area (Å²) in [5.41, 5.74) is 1.27. The third-order valence-corrected chi connectivity index (χ3v) is 3.40. The minimum atomic E-state index is -0.813. The fourth-order valence-electron chi connectivity index (χ4n) is 2.35. The Morgan fingerprint density at radius 1 is 0.920 bits per heavy atom. The zero-order chi connectivity index (χ0) is 17.8. The van der Waals surface area contributed by atoms with Crippen molar-refractivity contribution in [2.24, 2.45) is 0 Å². The largest absolute Gasteiger partial charge is 0.335 e. The first-order valence-corrected chi connectivity index (χ1v) is 7.43. The monoisotopic (exact) mass is 338 g/mol. The highest BCUT2D eigenvalue weighted by atomic mass is 16.2. The van der Waals surface area contributed by atoms with Crippen LogP contribution in [0.15, 0.2) is 54.6 Å². The van der Waals surface area contributed by atoms with Crippen LogP contribution in [0.1, 0.15) is 6.42 Å². The summed E-state index contributed by atoms with van der Waals surface area (Å²) >= 11 is 0. The van der Waals surface area contributed by atoms with Gasteiger partial charge >= 0.3 is 12.1 Å². The number of benzene rings is 2. The van der Waals surface area contributed by atoms with E-state index >= 15 is 0 Å². The highest BCUT2D eigenvalue weighted by molar-refractivity contribution is 6.26. The number of nitrogens with one attached hydrogen (secondary N) is 3. The van der Waals surface area contributed by atoms with Gasteiger partial charge in [0.05, 0.1) is 5.69 Å². The van der Waals surface area contributed by atoms with E-state index in [1.807, 2.05) is 6.07 Å². The lowest BCUT2D eigenvalue weighted by Gasteiger charge is -2.25. The molecule has 126 valence electrons. The molecule has 0 unspecified atom stereocenters. The molecule has 8 heteroatoms. The number of hydrogen-bond donors (Lipinski definition) is 3. The molecular weight excluding hydrogens is 324 g/mol. The van der Waals surface area contributed by atoms with Crippen molar-refractivity contribution >= 4 is 40.9 Å². The summed E-state index contributed by atoms with van der Waals surface area (Å²) in [5, 5.41) is 7.36. The molecule has 2 aromatic carbocycles. The molecular formula is C17H14N4O4. The molecule has 2 aromatic rings. The maximum atomic E-state index is 12.0. The summed E-state index contributed by atoms with van der Waals surface area (Å²) in [7, 11) is 0. The summed E-state index contributed by atoms with van der Waals surface area (Å²) in [6.45, 7) is 0. The number of carbonyl (C=O) groups excluding carboxylic acids is 4. The van der Waals surface area contributed by atoms with Gasteiger partial charge in [-0.2, -0.15) is 0 Å². The summed E-state index contributed by atoms with van der Waals surface area (Å²) in [6, 6.07) is 13.8. The Morgan fingerprint density at radius 3 is 2.32 bits per heavy atom. The van der Waals surface area contributed by atoms with Gasteiger partial charge in [0.25, 0.3) is 0 Å². The van der Waals surface area contributed by atoms with Gasteiger partial charge in [-0.25, -0.2) is 14.5 Å². The standard InChI is InChI=1S/C17H14N4O4/c22-14-10-15(23)21(17(25)20-14)13-8-4-7-12(9-13)19-16(24)18-11-5-2-1-3-6-11/h1-9H,10H2,(H2,18,19,24)(H,20,22,25). The second kappa shape index (κ2) is 6.83. The number of nitrogens with zero attached hydrogens (tertiary/aromatic N) is 1. The lowest BCUT2D eigenvalue weighted by molar-refractivity contribution is -0.128. The van der Waals surface area contributed by atoms with Gasteiger partial charge in [-0.15, -0.1) is 0 Å². The van der Waals surface area contributed by atoms with Crippen LogP contribution in [0.4, 0.5) is 26.7 Å². The zero-order valence-electron chi connectivity index (χ0n) is 13.0. The van der Waals surface area contributed by atoms with Gasteiger partial charge < -0.3 is 10.6 Å². The van der Waals surface area contributed by atoms with Crippen LogP contribution in [0.25, 0.3) is 0 Å². The minimum absolute atomic E-state index is 0.257. The van der Waals surface area contributed by atoms with E-state index in [4.69, 9.17) is 0 Å². The fourth-order valence-corrected chi connectivity index (χ4v) is 2.35. The van der Waals surface area contributed by atoms with E-state index < -0.39 is 30.3 Å².